The van der Waals surface area contributed by atoms with Crippen molar-refractivity contribution < 1.29 is 28.5 Å². The Bertz CT molecular complexity index is 768. The minimum Gasteiger partial charge on any atom is -0.455 e. The minimum absolute atomic E-state index is 0.212. The van der Waals surface area contributed by atoms with Gasteiger partial charge in [-0.15, -0.1) is 0 Å². The summed E-state index contributed by atoms with van der Waals surface area (Å²) in [6.45, 7) is 8.95. The molecule has 4 rings (SSSR count). The smallest absolute Gasteiger partial charge is 0.303 e. The molecule has 6 heteroatoms. The Morgan fingerprint density at radius 1 is 0.964 bits per heavy atom. The highest BCUT2D eigenvalue weighted by Gasteiger charge is 2.59. The molecule has 1 aromatic carbocycles. The van der Waals surface area contributed by atoms with Gasteiger partial charge < -0.3 is 23.7 Å². The van der Waals surface area contributed by atoms with E-state index >= 15 is 0 Å². The molecule has 0 amide bonds. The number of hydrogen-bond acceptors (Lipinski definition) is 6. The number of carbonyl (C=O) groups is 1. The van der Waals surface area contributed by atoms with Gasteiger partial charge in [0, 0.05) is 13.3 Å². The lowest BCUT2D eigenvalue weighted by Gasteiger charge is -2.28. The van der Waals surface area contributed by atoms with Crippen molar-refractivity contribution in [1.29, 1.82) is 0 Å². The summed E-state index contributed by atoms with van der Waals surface area (Å²) in [6.07, 6.45) is 0.675. The standard InChI is InChI=1S/C22H28O6/c1-13(23)24-17-15(11-14-9-7-6-8-10-14)12-16-18(26-21(2,3)25-16)20-19(17)27-22(4,5)28-20/h6-11,16-20H,12H2,1-5H3/b15-11-/t16-,17+,18-,19+,20+/m1/s1. The molecule has 2 saturated heterocycles. The summed E-state index contributed by atoms with van der Waals surface area (Å²) in [5.74, 6) is -1.86. The molecular formula is C22H28O6. The fraction of sp³-hybridized carbons (Fsp3) is 0.591. The van der Waals surface area contributed by atoms with Gasteiger partial charge in [-0.3, -0.25) is 4.79 Å². The number of carbonyl (C=O) groups excluding carboxylic acids is 1. The summed E-state index contributed by atoms with van der Waals surface area (Å²) in [6, 6.07) is 9.96. The van der Waals surface area contributed by atoms with Crippen LogP contribution in [0.3, 0.4) is 0 Å². The zero-order valence-electron chi connectivity index (χ0n) is 17.0. The van der Waals surface area contributed by atoms with E-state index in [1.54, 1.807) is 0 Å². The molecule has 1 aliphatic carbocycles. The second-order valence-corrected chi connectivity index (χ2v) is 8.57. The molecule has 1 aromatic rings. The fourth-order valence-corrected chi connectivity index (χ4v) is 4.39. The molecule has 2 aliphatic heterocycles. The average Bonchev–Trinajstić information content (AvgIpc) is 3.05. The average molecular weight is 388 g/mol. The third-order valence-electron chi connectivity index (χ3n) is 5.25. The predicted molar refractivity (Wildman–Crippen MR) is 102 cm³/mol. The summed E-state index contributed by atoms with van der Waals surface area (Å²) < 4.78 is 30.6. The third kappa shape index (κ3) is 3.87. The Balaban J connectivity index is 1.78. The van der Waals surface area contributed by atoms with Gasteiger partial charge in [0.05, 0.1) is 6.10 Å². The topological polar surface area (TPSA) is 63.2 Å². The van der Waals surface area contributed by atoms with Crippen LogP contribution in [0.5, 0.6) is 0 Å². The normalized spacial score (nSPS) is 37.2. The first-order chi connectivity index (χ1) is 13.1. The minimum atomic E-state index is -0.802. The fourth-order valence-electron chi connectivity index (χ4n) is 4.39. The number of rotatable bonds is 2. The van der Waals surface area contributed by atoms with E-state index in [4.69, 9.17) is 23.7 Å². The van der Waals surface area contributed by atoms with Crippen molar-refractivity contribution >= 4 is 12.0 Å². The molecule has 3 aliphatic rings. The second-order valence-electron chi connectivity index (χ2n) is 8.57. The van der Waals surface area contributed by atoms with Crippen LogP contribution in [0, 0.1) is 0 Å². The highest BCUT2D eigenvalue weighted by atomic mass is 16.8. The number of ether oxygens (including phenoxy) is 5. The molecule has 0 aromatic heterocycles. The van der Waals surface area contributed by atoms with Crippen LogP contribution in [0.2, 0.25) is 0 Å². The third-order valence-corrected chi connectivity index (χ3v) is 5.25. The number of hydrogen-bond donors (Lipinski definition) is 0. The van der Waals surface area contributed by atoms with E-state index in [2.05, 4.69) is 6.08 Å². The lowest BCUT2D eigenvalue weighted by atomic mass is 9.98. The van der Waals surface area contributed by atoms with Crippen LogP contribution in [0.15, 0.2) is 35.9 Å². The molecule has 0 radical (unpaired) electrons. The Labute approximate surface area is 165 Å². The lowest BCUT2D eigenvalue weighted by Crippen LogP contribution is -2.44. The first-order valence-electron chi connectivity index (χ1n) is 9.78. The maximum atomic E-state index is 11.9. The van der Waals surface area contributed by atoms with E-state index < -0.39 is 29.9 Å². The highest BCUT2D eigenvalue weighted by Crippen LogP contribution is 2.46. The van der Waals surface area contributed by atoms with Gasteiger partial charge in [0.1, 0.15) is 18.3 Å². The highest BCUT2D eigenvalue weighted by molar-refractivity contribution is 5.67. The molecule has 2 heterocycles. The Kier molecular flexibility index (Phi) is 4.86. The predicted octanol–water partition coefficient (Wildman–Crippen LogP) is 3.45. The lowest BCUT2D eigenvalue weighted by molar-refractivity contribution is -0.175. The van der Waals surface area contributed by atoms with E-state index in [1.165, 1.54) is 6.92 Å². The van der Waals surface area contributed by atoms with Crippen molar-refractivity contribution in [3.8, 4) is 0 Å². The van der Waals surface area contributed by atoms with E-state index in [0.717, 1.165) is 11.1 Å². The van der Waals surface area contributed by atoms with Gasteiger partial charge in [-0.25, -0.2) is 0 Å². The van der Waals surface area contributed by atoms with E-state index in [1.807, 2.05) is 58.0 Å². The molecule has 0 spiro atoms. The van der Waals surface area contributed by atoms with Crippen molar-refractivity contribution in [2.45, 2.75) is 83.1 Å². The molecule has 28 heavy (non-hydrogen) atoms. The van der Waals surface area contributed by atoms with Crippen LogP contribution in [0.1, 0.15) is 46.6 Å². The zero-order valence-corrected chi connectivity index (χ0v) is 17.0. The molecule has 3 fully saturated rings. The maximum Gasteiger partial charge on any atom is 0.303 e. The Morgan fingerprint density at radius 3 is 2.25 bits per heavy atom. The first kappa shape index (κ1) is 19.6. The van der Waals surface area contributed by atoms with Gasteiger partial charge in [0.25, 0.3) is 0 Å². The Morgan fingerprint density at radius 2 is 1.57 bits per heavy atom. The summed E-state index contributed by atoms with van der Waals surface area (Å²) in [4.78, 5) is 11.9. The van der Waals surface area contributed by atoms with Crippen LogP contribution in [0.25, 0.3) is 6.08 Å². The van der Waals surface area contributed by atoms with Crippen LogP contribution < -0.4 is 0 Å². The molecule has 5 atom stereocenters. The van der Waals surface area contributed by atoms with Gasteiger partial charge in [-0.1, -0.05) is 36.4 Å². The van der Waals surface area contributed by atoms with Gasteiger partial charge in [-0.2, -0.15) is 0 Å². The second kappa shape index (κ2) is 6.95. The number of benzene rings is 1. The van der Waals surface area contributed by atoms with E-state index in [-0.39, 0.29) is 18.2 Å². The van der Waals surface area contributed by atoms with Crippen molar-refractivity contribution in [3.63, 3.8) is 0 Å². The monoisotopic (exact) mass is 388 g/mol. The largest absolute Gasteiger partial charge is 0.455 e. The zero-order chi connectivity index (χ0) is 20.1. The molecule has 152 valence electrons. The molecule has 1 saturated carbocycles. The van der Waals surface area contributed by atoms with Crippen molar-refractivity contribution in [2.75, 3.05) is 0 Å². The summed E-state index contributed by atoms with van der Waals surface area (Å²) in [5.41, 5.74) is 1.97. The molecule has 0 bridgehead atoms. The van der Waals surface area contributed by atoms with Gasteiger partial charge in [-0.05, 0) is 38.8 Å². The quantitative estimate of drug-likeness (QED) is 0.723. The van der Waals surface area contributed by atoms with E-state index in [0.29, 0.717) is 6.42 Å². The SMILES string of the molecule is CC(=O)O[C@H]1/C(=C\c2ccccc2)C[C@H]2OC(C)(C)O[C@H]2[C@@H]2OC(C)(C)O[C@H]21. The van der Waals surface area contributed by atoms with E-state index in [9.17, 15) is 4.79 Å². The Hall–Kier alpha value is -1.73. The molecule has 0 unspecified atom stereocenters. The van der Waals surface area contributed by atoms with Crippen molar-refractivity contribution in [1.82, 2.24) is 0 Å². The van der Waals surface area contributed by atoms with Crippen LogP contribution >= 0.6 is 0 Å². The molecule has 0 N–H and O–H groups in total. The van der Waals surface area contributed by atoms with Crippen LogP contribution in [0.4, 0.5) is 0 Å². The molecular weight excluding hydrogens is 360 g/mol. The molecule has 6 nitrogen and oxygen atoms in total. The van der Waals surface area contributed by atoms with Gasteiger partial charge >= 0.3 is 5.97 Å². The summed E-state index contributed by atoms with van der Waals surface area (Å²) in [7, 11) is 0. The van der Waals surface area contributed by atoms with Gasteiger partial charge in [0.2, 0.25) is 0 Å². The summed E-state index contributed by atoms with van der Waals surface area (Å²) in [5, 5.41) is 0. The van der Waals surface area contributed by atoms with Crippen molar-refractivity contribution in [2.24, 2.45) is 0 Å². The van der Waals surface area contributed by atoms with Crippen LogP contribution in [-0.2, 0) is 28.5 Å². The number of fused-ring (bicyclic) bond motifs is 3. The van der Waals surface area contributed by atoms with Crippen molar-refractivity contribution in [3.05, 3.63) is 41.5 Å². The van der Waals surface area contributed by atoms with Crippen LogP contribution in [-0.4, -0.2) is 48.1 Å². The first-order valence-corrected chi connectivity index (χ1v) is 9.78. The van der Waals surface area contributed by atoms with Gasteiger partial charge in [0.15, 0.2) is 17.7 Å². The summed E-state index contributed by atoms with van der Waals surface area (Å²) >= 11 is 0. The number of esters is 1. The maximum absolute atomic E-state index is 11.9.